The van der Waals surface area contributed by atoms with Gasteiger partial charge in [-0.25, -0.2) is 4.79 Å². The summed E-state index contributed by atoms with van der Waals surface area (Å²) in [4.78, 5) is 76.0. The molecule has 21 nitrogen and oxygen atoms in total. The zero-order chi connectivity index (χ0) is 48.1. The van der Waals surface area contributed by atoms with E-state index < -0.39 is 37.5 Å². The van der Waals surface area contributed by atoms with Crippen LogP contribution in [0.2, 0.25) is 0 Å². The number of hydrogen-bond acceptors (Lipinski definition) is 18. The number of nitrogens with zero attached hydrogens (tertiary/aromatic N) is 7. The van der Waals surface area contributed by atoms with Crippen molar-refractivity contribution in [3.63, 3.8) is 0 Å². The molecule has 2 aromatic rings. The van der Waals surface area contributed by atoms with E-state index >= 15 is 0 Å². The third-order valence-corrected chi connectivity index (χ3v) is 10.7. The molecule has 3 amide bonds. The monoisotopic (exact) mass is 1090 g/mol. The van der Waals surface area contributed by atoms with Gasteiger partial charge < -0.3 is 68.5 Å². The van der Waals surface area contributed by atoms with Crippen molar-refractivity contribution in [3.05, 3.63) is 59.4 Å². The van der Waals surface area contributed by atoms with Crippen molar-refractivity contribution < 1.29 is 112 Å². The van der Waals surface area contributed by atoms with Gasteiger partial charge in [0.05, 0.1) is 96.2 Å². The van der Waals surface area contributed by atoms with Crippen molar-refractivity contribution in [2.24, 2.45) is 0 Å². The van der Waals surface area contributed by atoms with Crippen LogP contribution in [-0.2, 0) is 44.7 Å². The van der Waals surface area contributed by atoms with Gasteiger partial charge >= 0.3 is 55.4 Å². The van der Waals surface area contributed by atoms with E-state index in [4.69, 9.17) is 23.7 Å². The number of rotatable bonds is 13. The maximum Gasteiger partial charge on any atom is 3.00 e. The minimum Gasteiger partial charge on any atom is -0.549 e. The minimum atomic E-state index is -1.31. The number of amides is 3. The van der Waals surface area contributed by atoms with Crippen LogP contribution >= 0.6 is 0 Å². The van der Waals surface area contributed by atoms with Gasteiger partial charge in [-0.2, -0.15) is 0 Å². The van der Waals surface area contributed by atoms with Gasteiger partial charge in [-0.05, 0) is 42.8 Å². The van der Waals surface area contributed by atoms with Crippen LogP contribution in [0.3, 0.4) is 0 Å². The number of aromatic nitrogens is 1. The van der Waals surface area contributed by atoms with Gasteiger partial charge in [0.15, 0.2) is 0 Å². The zero-order valence-corrected chi connectivity index (χ0v) is 41.4. The Hall–Kier alpha value is -3.86. The number of aliphatic carboxylic acids is 3. The van der Waals surface area contributed by atoms with Crippen LogP contribution in [0, 0.1) is 61.2 Å². The second-order valence-corrected chi connectivity index (χ2v) is 15.9. The minimum absolute atomic E-state index is 0. The molecule has 3 heterocycles. The number of carbonyl (C=O) groups excluding carboxylic acids is 5. The topological polar surface area (TPSA) is 245 Å². The summed E-state index contributed by atoms with van der Waals surface area (Å²) in [6, 6.07) is 11.0. The molecule has 0 spiro atoms. The van der Waals surface area contributed by atoms with E-state index in [1.807, 2.05) is 41.3 Å². The van der Waals surface area contributed by atoms with Crippen molar-refractivity contribution in [3.8, 4) is 17.6 Å². The van der Waals surface area contributed by atoms with E-state index in [2.05, 4.69) is 29.1 Å². The first-order chi connectivity index (χ1) is 32.5. The number of hydrogen-bond donors (Lipinski definition) is 1. The van der Waals surface area contributed by atoms with Crippen LogP contribution in [-0.4, -0.2) is 228 Å². The van der Waals surface area contributed by atoms with Crippen molar-refractivity contribution in [1.29, 1.82) is 0 Å². The van der Waals surface area contributed by atoms with Gasteiger partial charge in [0, 0.05) is 115 Å². The molecule has 2 fully saturated rings. The average molecular weight is 1090 g/mol. The molecule has 0 bridgehead atoms. The quantitative estimate of drug-likeness (QED) is 0.189. The summed E-state index contributed by atoms with van der Waals surface area (Å²) >= 11 is 0. The first-order valence-electron chi connectivity index (χ1n) is 22.8. The van der Waals surface area contributed by atoms with Crippen molar-refractivity contribution in [2.45, 2.75) is 19.9 Å². The summed E-state index contributed by atoms with van der Waals surface area (Å²) in [6.07, 6.45) is 2.59. The van der Waals surface area contributed by atoms with E-state index in [0.717, 1.165) is 23.3 Å². The Kier molecular flexibility index (Phi) is 29.6. The standard InChI is InChI=1S/C46H68N8O13.Eu/c1-2-23-67-41-7-5-38(6-8-41)3-4-39-9-10-47-40(32-39)33-48-46(62)54-21-26-65-30-28-63-24-19-53(20-25-64-29-31-66-27-22-54)42(55)34-49-11-13-50(35-43(56)57)15-17-52(37-45(60)61)18-16-51(14-12-49)36-44(58)59;/h5-10,32H,2,11-31,33-37H2,1H3,(H,48,62)(H,56,57)(H,58,59)(H,60,61);/q;+3/p-3. The Balaban J connectivity index is 0.0000122. The fraction of sp³-hybridized carbons (Fsp3) is 0.609. The van der Waals surface area contributed by atoms with Gasteiger partial charge in [-0.3, -0.25) is 29.4 Å². The smallest absolute Gasteiger partial charge is 0.549 e. The molecule has 22 heteroatoms. The summed E-state index contributed by atoms with van der Waals surface area (Å²) in [5, 5.41) is 37.5. The number of benzene rings is 1. The Labute approximate surface area is 439 Å². The fourth-order valence-corrected chi connectivity index (χ4v) is 7.00. The molecule has 2 aliphatic rings. The largest absolute Gasteiger partial charge is 3.00 e. The molecule has 1 N–H and O–H groups in total. The van der Waals surface area contributed by atoms with Gasteiger partial charge in [0.25, 0.3) is 0 Å². The Morgan fingerprint density at radius 3 is 1.46 bits per heavy atom. The average Bonchev–Trinajstić information content (AvgIpc) is 3.30. The molecule has 1 aromatic carbocycles. The second-order valence-electron chi connectivity index (χ2n) is 15.9. The molecule has 0 atom stereocenters. The predicted molar refractivity (Wildman–Crippen MR) is 237 cm³/mol. The third kappa shape index (κ3) is 25.1. The molecular formula is C46H65EuN8O13. The van der Waals surface area contributed by atoms with Crippen LogP contribution in [0.5, 0.6) is 5.75 Å². The van der Waals surface area contributed by atoms with Crippen molar-refractivity contribution >= 4 is 29.8 Å². The fourth-order valence-electron chi connectivity index (χ4n) is 7.00. The molecule has 0 aliphatic carbocycles. The molecule has 0 saturated carbocycles. The number of carboxylic acid groups (broad SMARTS) is 3. The number of nitrogens with one attached hydrogen (secondary N) is 1. The van der Waals surface area contributed by atoms with Crippen LogP contribution < -0.4 is 25.4 Å². The summed E-state index contributed by atoms with van der Waals surface area (Å²) in [6.45, 7) is 6.41. The third-order valence-electron chi connectivity index (χ3n) is 10.7. The number of urea groups is 1. The van der Waals surface area contributed by atoms with E-state index in [1.54, 1.807) is 30.7 Å². The zero-order valence-electron chi connectivity index (χ0n) is 38.9. The molecule has 4 rings (SSSR count). The van der Waals surface area contributed by atoms with Crippen LogP contribution in [0.25, 0.3) is 0 Å². The summed E-state index contributed by atoms with van der Waals surface area (Å²) < 4.78 is 28.9. The van der Waals surface area contributed by atoms with Gasteiger partial charge in [-0.15, -0.1) is 0 Å². The maximum atomic E-state index is 13.8. The molecule has 1 aromatic heterocycles. The number of carboxylic acids is 3. The molecule has 68 heavy (non-hydrogen) atoms. The molecule has 0 unspecified atom stereocenters. The SMILES string of the molecule is CCCOc1ccc(C#Cc2ccnc(CNC(=O)N3CCOCCOCCN(C(=O)CN4CCN(CC(=O)[O-])CCN(CC(=O)[O-])CCN(CC(=O)[O-])CC4)CCOCCOCC3)c2)cc1.[Eu+3]. The van der Waals surface area contributed by atoms with Crippen LogP contribution in [0.15, 0.2) is 42.6 Å². The molecule has 2 saturated heterocycles. The normalized spacial score (nSPS) is 17.9. The first kappa shape index (κ1) is 58.5. The maximum absolute atomic E-state index is 13.8. The van der Waals surface area contributed by atoms with Gasteiger partial charge in [0.2, 0.25) is 5.91 Å². The summed E-state index contributed by atoms with van der Waals surface area (Å²) in [5.41, 5.74) is 2.26. The predicted octanol–water partition coefficient (Wildman–Crippen LogP) is -3.84. The van der Waals surface area contributed by atoms with E-state index in [9.17, 15) is 39.3 Å². The van der Waals surface area contributed by atoms with Crippen molar-refractivity contribution in [1.82, 2.24) is 39.7 Å². The number of ether oxygens (including phenoxy) is 5. The molecule has 2 aliphatic heterocycles. The number of pyridine rings is 1. The Morgan fingerprint density at radius 2 is 1.01 bits per heavy atom. The Bertz CT molecular complexity index is 1840. The summed E-state index contributed by atoms with van der Waals surface area (Å²) in [5.74, 6) is 2.98. The molecular weight excluding hydrogens is 1020 g/mol. The van der Waals surface area contributed by atoms with Gasteiger partial charge in [0.1, 0.15) is 5.75 Å². The Morgan fingerprint density at radius 1 is 0.588 bits per heavy atom. The van der Waals surface area contributed by atoms with E-state index in [0.29, 0.717) is 25.4 Å². The molecule has 374 valence electrons. The van der Waals surface area contributed by atoms with Crippen molar-refractivity contribution in [2.75, 3.05) is 164 Å². The molecule has 0 radical (unpaired) electrons. The van der Waals surface area contributed by atoms with E-state index in [-0.39, 0.29) is 193 Å². The van der Waals surface area contributed by atoms with Crippen LogP contribution in [0.1, 0.15) is 30.2 Å². The number of carbonyl (C=O) groups is 5. The van der Waals surface area contributed by atoms with Gasteiger partial charge in [-0.1, -0.05) is 18.8 Å². The first-order valence-corrected chi connectivity index (χ1v) is 22.8. The van der Waals surface area contributed by atoms with Crippen LogP contribution in [0.4, 0.5) is 4.79 Å². The second kappa shape index (κ2) is 34.4. The van der Waals surface area contributed by atoms with E-state index in [1.165, 1.54) is 0 Å². The summed E-state index contributed by atoms with van der Waals surface area (Å²) in [7, 11) is 0.